The van der Waals surface area contributed by atoms with Gasteiger partial charge in [-0.3, -0.25) is 4.90 Å². The van der Waals surface area contributed by atoms with Crippen molar-refractivity contribution >= 4 is 34.8 Å². The van der Waals surface area contributed by atoms with E-state index in [2.05, 4.69) is 31.5 Å². The molecule has 2 amide bonds. The summed E-state index contributed by atoms with van der Waals surface area (Å²) in [5, 5.41) is 6.41. The molecular formula is C24H26ClN5O2. The Labute approximate surface area is 193 Å². The first-order valence-corrected chi connectivity index (χ1v) is 10.9. The van der Waals surface area contributed by atoms with E-state index in [1.54, 1.807) is 25.4 Å². The second-order valence-corrected chi connectivity index (χ2v) is 7.98. The molecule has 1 aromatic heterocycles. The van der Waals surface area contributed by atoms with Crippen molar-refractivity contribution in [3.63, 3.8) is 0 Å². The first-order chi connectivity index (χ1) is 15.6. The van der Waals surface area contributed by atoms with Crippen LogP contribution in [0.25, 0.3) is 0 Å². The van der Waals surface area contributed by atoms with Gasteiger partial charge in [0.15, 0.2) is 0 Å². The molecule has 4 rings (SSSR count). The maximum atomic E-state index is 12.3. The number of nitrogens with zero attached hydrogens (tertiary/aromatic N) is 3. The second kappa shape index (κ2) is 10.3. The summed E-state index contributed by atoms with van der Waals surface area (Å²) in [6.07, 6.45) is 1.68. The Morgan fingerprint density at radius 1 is 1.00 bits per heavy atom. The number of hydrogen-bond donors (Lipinski definition) is 2. The minimum Gasteiger partial charge on any atom is -0.497 e. The van der Waals surface area contributed by atoms with Gasteiger partial charge in [-0.15, -0.1) is 0 Å². The van der Waals surface area contributed by atoms with Crippen LogP contribution in [0.1, 0.15) is 5.56 Å². The zero-order chi connectivity index (χ0) is 22.3. The molecule has 0 aliphatic carbocycles. The van der Waals surface area contributed by atoms with E-state index in [9.17, 15) is 4.79 Å². The van der Waals surface area contributed by atoms with Crippen LogP contribution >= 0.6 is 11.6 Å². The van der Waals surface area contributed by atoms with Crippen molar-refractivity contribution in [1.82, 2.24) is 9.88 Å². The molecule has 166 valence electrons. The maximum absolute atomic E-state index is 12.3. The number of hydrogen-bond acceptors (Lipinski definition) is 5. The van der Waals surface area contributed by atoms with Crippen LogP contribution in [-0.4, -0.2) is 49.2 Å². The van der Waals surface area contributed by atoms with Crippen molar-refractivity contribution in [1.29, 1.82) is 0 Å². The smallest absolute Gasteiger partial charge is 0.323 e. The van der Waals surface area contributed by atoms with Crippen LogP contribution in [-0.2, 0) is 6.54 Å². The monoisotopic (exact) mass is 451 g/mol. The highest BCUT2D eigenvalue weighted by molar-refractivity contribution is 6.31. The Morgan fingerprint density at radius 3 is 2.50 bits per heavy atom. The van der Waals surface area contributed by atoms with Gasteiger partial charge in [0, 0.05) is 49.5 Å². The highest BCUT2D eigenvalue weighted by atomic mass is 35.5. The second-order valence-electron chi connectivity index (χ2n) is 7.57. The number of urea groups is 1. The molecule has 0 radical (unpaired) electrons. The third-order valence-electron chi connectivity index (χ3n) is 5.38. The van der Waals surface area contributed by atoms with Gasteiger partial charge >= 0.3 is 6.03 Å². The largest absolute Gasteiger partial charge is 0.497 e. The fourth-order valence-electron chi connectivity index (χ4n) is 3.64. The summed E-state index contributed by atoms with van der Waals surface area (Å²) in [4.78, 5) is 21.5. The Balaban J connectivity index is 1.27. The summed E-state index contributed by atoms with van der Waals surface area (Å²) in [6, 6.07) is 18.7. The summed E-state index contributed by atoms with van der Waals surface area (Å²) in [7, 11) is 1.59. The number of carbonyl (C=O) groups is 1. The molecule has 32 heavy (non-hydrogen) atoms. The average Bonchev–Trinajstić information content (AvgIpc) is 2.82. The Bertz CT molecular complexity index is 1050. The first kappa shape index (κ1) is 21.9. The fourth-order valence-corrected chi connectivity index (χ4v) is 3.84. The predicted molar refractivity (Wildman–Crippen MR) is 129 cm³/mol. The number of amides is 2. The molecule has 2 N–H and O–H groups in total. The number of carbonyl (C=O) groups excluding carboxylic acids is 1. The molecular weight excluding hydrogens is 426 g/mol. The van der Waals surface area contributed by atoms with E-state index < -0.39 is 0 Å². The van der Waals surface area contributed by atoms with Gasteiger partial charge in [-0.2, -0.15) is 0 Å². The van der Waals surface area contributed by atoms with Crippen LogP contribution in [0.4, 0.5) is 22.0 Å². The molecule has 0 bridgehead atoms. The molecule has 1 saturated heterocycles. The molecule has 7 nitrogen and oxygen atoms in total. The van der Waals surface area contributed by atoms with Gasteiger partial charge in [0.1, 0.15) is 11.6 Å². The third-order valence-corrected chi connectivity index (χ3v) is 5.75. The van der Waals surface area contributed by atoms with Crippen LogP contribution in [0.5, 0.6) is 5.75 Å². The van der Waals surface area contributed by atoms with E-state index in [-0.39, 0.29) is 6.03 Å². The number of rotatable bonds is 6. The lowest BCUT2D eigenvalue weighted by molar-refractivity contribution is 0.249. The summed E-state index contributed by atoms with van der Waals surface area (Å²) < 4.78 is 5.17. The fraction of sp³-hybridized carbons (Fsp3) is 0.250. The van der Waals surface area contributed by atoms with Gasteiger partial charge in [0.2, 0.25) is 0 Å². The quantitative estimate of drug-likeness (QED) is 0.568. The normalized spacial score (nSPS) is 14.1. The lowest BCUT2D eigenvalue weighted by atomic mass is 10.2. The minimum absolute atomic E-state index is 0.332. The van der Waals surface area contributed by atoms with Crippen LogP contribution < -0.4 is 20.3 Å². The predicted octanol–water partition coefficient (Wildman–Crippen LogP) is 4.71. The lowest BCUT2D eigenvalue weighted by Gasteiger charge is -2.35. The Morgan fingerprint density at radius 2 is 1.78 bits per heavy atom. The zero-order valence-corrected chi connectivity index (χ0v) is 18.7. The molecule has 1 aliphatic heterocycles. The number of aromatic nitrogens is 1. The Kier molecular flexibility index (Phi) is 7.09. The number of anilines is 3. The van der Waals surface area contributed by atoms with Gasteiger partial charge in [-0.25, -0.2) is 9.78 Å². The zero-order valence-electron chi connectivity index (χ0n) is 17.9. The van der Waals surface area contributed by atoms with Crippen molar-refractivity contribution in [3.8, 4) is 5.75 Å². The van der Waals surface area contributed by atoms with Crippen LogP contribution in [0, 0.1) is 0 Å². The van der Waals surface area contributed by atoms with Crippen LogP contribution in [0.3, 0.4) is 0 Å². The number of ether oxygens (including phenoxy) is 1. The van der Waals surface area contributed by atoms with Gasteiger partial charge in [0.25, 0.3) is 0 Å². The van der Waals surface area contributed by atoms with Crippen molar-refractivity contribution < 1.29 is 9.53 Å². The van der Waals surface area contributed by atoms with Gasteiger partial charge < -0.3 is 20.3 Å². The molecule has 2 aromatic carbocycles. The molecule has 1 aliphatic rings. The van der Waals surface area contributed by atoms with E-state index in [0.717, 1.165) is 49.1 Å². The summed E-state index contributed by atoms with van der Waals surface area (Å²) in [5.74, 6) is 1.59. The molecule has 0 atom stereocenters. The first-order valence-electron chi connectivity index (χ1n) is 10.5. The topological polar surface area (TPSA) is 69.7 Å². The van der Waals surface area contributed by atoms with E-state index >= 15 is 0 Å². The van der Waals surface area contributed by atoms with E-state index in [0.29, 0.717) is 17.1 Å². The van der Waals surface area contributed by atoms with Crippen molar-refractivity contribution in [3.05, 3.63) is 77.4 Å². The van der Waals surface area contributed by atoms with Crippen molar-refractivity contribution in [2.75, 3.05) is 48.8 Å². The third kappa shape index (κ3) is 5.69. The lowest BCUT2D eigenvalue weighted by Crippen LogP contribution is -2.46. The van der Waals surface area contributed by atoms with Crippen molar-refractivity contribution in [2.45, 2.75) is 6.54 Å². The Hall–Kier alpha value is -3.29. The number of piperazine rings is 1. The number of pyridine rings is 1. The molecule has 0 unspecified atom stereocenters. The average molecular weight is 452 g/mol. The molecule has 1 fully saturated rings. The molecule has 0 spiro atoms. The van der Waals surface area contributed by atoms with E-state index in [1.807, 2.05) is 42.5 Å². The van der Waals surface area contributed by atoms with Crippen LogP contribution in [0.15, 0.2) is 66.9 Å². The highest BCUT2D eigenvalue weighted by Gasteiger charge is 2.19. The maximum Gasteiger partial charge on any atom is 0.323 e. The van der Waals surface area contributed by atoms with Gasteiger partial charge in [0.05, 0.1) is 19.0 Å². The number of benzene rings is 2. The van der Waals surface area contributed by atoms with Gasteiger partial charge in [-0.1, -0.05) is 35.9 Å². The van der Waals surface area contributed by atoms with Gasteiger partial charge in [-0.05, 0) is 35.9 Å². The van der Waals surface area contributed by atoms with E-state index in [1.165, 1.54) is 0 Å². The molecule has 0 saturated carbocycles. The summed E-state index contributed by atoms with van der Waals surface area (Å²) in [5.41, 5.74) is 2.44. The van der Waals surface area contributed by atoms with E-state index in [4.69, 9.17) is 16.3 Å². The van der Waals surface area contributed by atoms with Crippen molar-refractivity contribution in [2.24, 2.45) is 0 Å². The molecule has 2 heterocycles. The molecule has 8 heteroatoms. The number of methoxy groups -OCH3 is 1. The number of halogens is 1. The SMILES string of the molecule is COc1cccc(NC(=O)Nc2ccc(N3CCN(Cc4ccccc4Cl)CC3)nc2)c1. The summed E-state index contributed by atoms with van der Waals surface area (Å²) >= 11 is 6.29. The standard InChI is InChI=1S/C24H26ClN5O2/c1-32-21-7-4-6-19(15-21)27-24(31)28-20-9-10-23(26-16-20)30-13-11-29(12-14-30)17-18-5-2-3-8-22(18)25/h2-10,15-16H,11-14,17H2,1H3,(H2,27,28,31). The number of nitrogens with one attached hydrogen (secondary N) is 2. The van der Waals surface area contributed by atoms with Crippen LogP contribution in [0.2, 0.25) is 5.02 Å². The minimum atomic E-state index is -0.332. The molecule has 3 aromatic rings. The highest BCUT2D eigenvalue weighted by Crippen LogP contribution is 2.21. The summed E-state index contributed by atoms with van der Waals surface area (Å²) in [6.45, 7) is 4.51.